The van der Waals surface area contributed by atoms with Gasteiger partial charge in [0.05, 0.1) is 29.7 Å². The number of nitrogens with zero attached hydrogens (tertiary/aromatic N) is 1. The topological polar surface area (TPSA) is 87.1 Å². The number of phenolic OH excluding ortho intramolecular Hbond substituents is 1. The van der Waals surface area contributed by atoms with Crippen molar-refractivity contribution >= 4 is 17.5 Å². The molecule has 2 aliphatic carbocycles. The number of carbonyl (C=O) groups is 2. The van der Waals surface area contributed by atoms with E-state index < -0.39 is 24.0 Å². The fraction of sp³-hybridized carbons (Fsp3) is 0.500. The molecule has 2 saturated carbocycles. The Morgan fingerprint density at radius 2 is 1.77 bits per heavy atom. The van der Waals surface area contributed by atoms with Crippen LogP contribution in [0.4, 0.5) is 5.69 Å². The lowest BCUT2D eigenvalue weighted by molar-refractivity contribution is -0.131. The number of para-hydroxylation sites is 2. The van der Waals surface area contributed by atoms with Gasteiger partial charge in [0.1, 0.15) is 5.75 Å². The number of aliphatic hydroxyl groups is 1. The van der Waals surface area contributed by atoms with Crippen LogP contribution < -0.4 is 4.90 Å². The molecule has 1 aliphatic heterocycles. The Bertz CT molecular complexity index is 660. The molecule has 0 spiro atoms. The van der Waals surface area contributed by atoms with E-state index in [0.717, 1.165) is 4.90 Å². The third-order valence-electron chi connectivity index (χ3n) is 5.46. The van der Waals surface area contributed by atoms with Gasteiger partial charge in [-0.2, -0.15) is 0 Å². The van der Waals surface area contributed by atoms with E-state index in [-0.39, 0.29) is 35.1 Å². The van der Waals surface area contributed by atoms with Gasteiger partial charge in [-0.05, 0) is 18.6 Å². The van der Waals surface area contributed by atoms with Gasteiger partial charge in [-0.25, -0.2) is 4.90 Å². The predicted octanol–water partition coefficient (Wildman–Crippen LogP) is 0.523. The number of carbonyl (C=O) groups excluding carboxylic acids is 2. The molecule has 1 aromatic carbocycles. The largest absolute Gasteiger partial charge is 0.506 e. The molecule has 0 unspecified atom stereocenters. The van der Waals surface area contributed by atoms with Crippen LogP contribution in [0, 0.1) is 23.7 Å². The second kappa shape index (κ2) is 4.54. The summed E-state index contributed by atoms with van der Waals surface area (Å²) < 4.78 is 5.33. The normalized spacial score (nSPS) is 39.6. The van der Waals surface area contributed by atoms with Crippen LogP contribution in [0.2, 0.25) is 0 Å². The van der Waals surface area contributed by atoms with E-state index in [2.05, 4.69) is 0 Å². The molecule has 2 amide bonds. The van der Waals surface area contributed by atoms with Crippen LogP contribution in [0.5, 0.6) is 5.75 Å². The van der Waals surface area contributed by atoms with Crippen molar-refractivity contribution in [3.05, 3.63) is 24.3 Å². The first-order valence-electron chi connectivity index (χ1n) is 7.43. The third kappa shape index (κ3) is 1.51. The highest BCUT2D eigenvalue weighted by Gasteiger charge is 2.67. The predicted molar refractivity (Wildman–Crippen MR) is 76.0 cm³/mol. The molecule has 3 aliphatic rings. The maximum Gasteiger partial charge on any atom is 0.238 e. The molecular formula is C16H17NO5. The van der Waals surface area contributed by atoms with E-state index in [1.54, 1.807) is 18.2 Å². The zero-order valence-electron chi connectivity index (χ0n) is 12.0. The highest BCUT2D eigenvalue weighted by Crippen LogP contribution is 2.57. The molecule has 22 heavy (non-hydrogen) atoms. The summed E-state index contributed by atoms with van der Waals surface area (Å²) in [6.07, 6.45) is -0.467. The second-order valence-corrected chi connectivity index (χ2v) is 6.31. The Kier molecular flexibility index (Phi) is 2.83. The minimum Gasteiger partial charge on any atom is -0.506 e. The molecule has 2 N–H and O–H groups in total. The fourth-order valence-corrected chi connectivity index (χ4v) is 4.61. The number of aliphatic hydroxyl groups excluding tert-OH is 1. The number of fused-ring (bicyclic) bond motifs is 5. The van der Waals surface area contributed by atoms with Gasteiger partial charge in [0.25, 0.3) is 0 Å². The maximum absolute atomic E-state index is 12.8. The molecule has 1 saturated heterocycles. The van der Waals surface area contributed by atoms with Crippen LogP contribution in [0.25, 0.3) is 0 Å². The number of benzene rings is 1. The van der Waals surface area contributed by atoms with Gasteiger partial charge in [0, 0.05) is 18.9 Å². The molecule has 6 atom stereocenters. The van der Waals surface area contributed by atoms with Gasteiger partial charge in [0.2, 0.25) is 11.8 Å². The van der Waals surface area contributed by atoms with E-state index in [0.29, 0.717) is 6.42 Å². The molecule has 1 heterocycles. The third-order valence-corrected chi connectivity index (χ3v) is 5.46. The SMILES string of the molecule is CO[C@@H]1[C@H](O)[C@@H]2C[C@@H]1[C@@H]1C(=O)N(c3ccccc3O)C(=O)[C@@H]21. The first-order chi connectivity index (χ1) is 10.6. The van der Waals surface area contributed by atoms with Crippen molar-refractivity contribution in [3.8, 4) is 5.75 Å². The van der Waals surface area contributed by atoms with Gasteiger partial charge in [0.15, 0.2) is 0 Å². The zero-order valence-corrected chi connectivity index (χ0v) is 12.0. The Morgan fingerprint density at radius 1 is 1.14 bits per heavy atom. The van der Waals surface area contributed by atoms with Gasteiger partial charge >= 0.3 is 0 Å². The van der Waals surface area contributed by atoms with Crippen LogP contribution >= 0.6 is 0 Å². The number of amides is 2. The quantitative estimate of drug-likeness (QED) is 0.778. The zero-order chi connectivity index (χ0) is 15.6. The summed E-state index contributed by atoms with van der Waals surface area (Å²) in [5.74, 6) is -2.05. The Balaban J connectivity index is 1.75. The van der Waals surface area contributed by atoms with Crippen molar-refractivity contribution in [3.63, 3.8) is 0 Å². The van der Waals surface area contributed by atoms with Crippen molar-refractivity contribution in [1.29, 1.82) is 0 Å². The first kappa shape index (κ1) is 13.7. The van der Waals surface area contributed by atoms with Crippen LogP contribution in [0.1, 0.15) is 6.42 Å². The molecule has 0 radical (unpaired) electrons. The molecule has 3 fully saturated rings. The summed E-state index contributed by atoms with van der Waals surface area (Å²) in [6.45, 7) is 0. The summed E-state index contributed by atoms with van der Waals surface area (Å²) in [6, 6.07) is 6.31. The van der Waals surface area contributed by atoms with Crippen LogP contribution in [-0.4, -0.2) is 41.3 Å². The van der Waals surface area contributed by atoms with E-state index in [4.69, 9.17) is 4.74 Å². The summed E-state index contributed by atoms with van der Waals surface area (Å²) in [4.78, 5) is 26.6. The summed E-state index contributed by atoms with van der Waals surface area (Å²) in [7, 11) is 1.52. The smallest absolute Gasteiger partial charge is 0.238 e. The van der Waals surface area contributed by atoms with Gasteiger partial charge in [-0.1, -0.05) is 12.1 Å². The van der Waals surface area contributed by atoms with E-state index in [1.165, 1.54) is 13.2 Å². The van der Waals surface area contributed by atoms with E-state index in [1.807, 2.05) is 0 Å². The number of hydrogen-bond acceptors (Lipinski definition) is 5. The first-order valence-corrected chi connectivity index (χ1v) is 7.43. The van der Waals surface area contributed by atoms with Crippen LogP contribution in [-0.2, 0) is 14.3 Å². The Labute approximate surface area is 127 Å². The van der Waals surface area contributed by atoms with E-state index in [9.17, 15) is 19.8 Å². The molecule has 6 nitrogen and oxygen atoms in total. The van der Waals surface area contributed by atoms with Crippen molar-refractivity contribution in [1.82, 2.24) is 0 Å². The van der Waals surface area contributed by atoms with Gasteiger partial charge in [-0.3, -0.25) is 9.59 Å². The van der Waals surface area contributed by atoms with Gasteiger partial charge < -0.3 is 14.9 Å². The minimum absolute atomic E-state index is 0.0969. The van der Waals surface area contributed by atoms with Crippen LogP contribution in [0.3, 0.4) is 0 Å². The molecule has 2 bridgehead atoms. The van der Waals surface area contributed by atoms with Crippen molar-refractivity contribution in [2.24, 2.45) is 23.7 Å². The Morgan fingerprint density at radius 3 is 2.41 bits per heavy atom. The lowest BCUT2D eigenvalue weighted by Gasteiger charge is -2.31. The molecule has 1 aromatic rings. The number of anilines is 1. The van der Waals surface area contributed by atoms with E-state index >= 15 is 0 Å². The number of hydrogen-bond donors (Lipinski definition) is 2. The second-order valence-electron chi connectivity index (χ2n) is 6.31. The molecule has 6 heteroatoms. The monoisotopic (exact) mass is 303 g/mol. The standard InChI is InChI=1S/C16H17NO5/c1-22-14-8-6-7(13(14)19)11-12(8)16(21)17(15(11)20)9-4-2-3-5-10(9)18/h2-5,7-8,11-14,18-19H,6H2,1H3/t7-,8-,11+,12+,13-,14+/m1/s1. The number of aromatic hydroxyl groups is 1. The number of rotatable bonds is 2. The minimum atomic E-state index is -0.711. The lowest BCUT2D eigenvalue weighted by atomic mass is 9.78. The molecule has 4 rings (SSSR count). The van der Waals surface area contributed by atoms with Gasteiger partial charge in [-0.15, -0.1) is 0 Å². The molecule has 116 valence electrons. The van der Waals surface area contributed by atoms with Crippen molar-refractivity contribution in [2.45, 2.75) is 18.6 Å². The van der Waals surface area contributed by atoms with Crippen molar-refractivity contribution < 1.29 is 24.5 Å². The highest BCUT2D eigenvalue weighted by molar-refractivity contribution is 6.23. The Hall–Kier alpha value is -1.92. The number of phenols is 1. The fourth-order valence-electron chi connectivity index (χ4n) is 4.61. The number of ether oxygens (including phenoxy) is 1. The maximum atomic E-state index is 12.8. The van der Waals surface area contributed by atoms with Crippen LogP contribution in [0.15, 0.2) is 24.3 Å². The molecular weight excluding hydrogens is 286 g/mol. The average molecular weight is 303 g/mol. The van der Waals surface area contributed by atoms with Crippen molar-refractivity contribution in [2.75, 3.05) is 12.0 Å². The lowest BCUT2D eigenvalue weighted by Crippen LogP contribution is -2.44. The summed E-state index contributed by atoms with van der Waals surface area (Å²) >= 11 is 0. The number of methoxy groups -OCH3 is 1. The number of imide groups is 1. The highest BCUT2D eigenvalue weighted by atomic mass is 16.5. The summed E-state index contributed by atoms with van der Waals surface area (Å²) in [5, 5.41) is 20.2. The summed E-state index contributed by atoms with van der Waals surface area (Å²) in [5.41, 5.74) is 0.217. The average Bonchev–Trinajstić information content (AvgIpc) is 3.11. The molecule has 0 aromatic heterocycles.